The van der Waals surface area contributed by atoms with Gasteiger partial charge >= 0.3 is 11.9 Å². The van der Waals surface area contributed by atoms with Crippen molar-refractivity contribution in [1.82, 2.24) is 0 Å². The lowest BCUT2D eigenvalue weighted by atomic mass is 9.95. The first-order chi connectivity index (χ1) is 10.5. The van der Waals surface area contributed by atoms with E-state index in [-0.39, 0.29) is 23.7 Å². The molecule has 2 N–H and O–H groups in total. The van der Waals surface area contributed by atoms with Crippen LogP contribution in [0.15, 0.2) is 12.1 Å². The third kappa shape index (κ3) is 3.69. The summed E-state index contributed by atoms with van der Waals surface area (Å²) in [5, 5.41) is 19.1. The smallest absolute Gasteiger partial charge is 0.342 e. The van der Waals surface area contributed by atoms with Gasteiger partial charge in [-0.25, -0.2) is 4.79 Å². The highest BCUT2D eigenvalue weighted by molar-refractivity contribution is 5.96. The van der Waals surface area contributed by atoms with Gasteiger partial charge in [-0.2, -0.15) is 0 Å². The van der Waals surface area contributed by atoms with Crippen LogP contribution in [-0.4, -0.2) is 34.9 Å². The Bertz CT molecular complexity index is 566. The normalized spacial score (nSPS) is 16.8. The van der Waals surface area contributed by atoms with E-state index in [4.69, 9.17) is 9.47 Å². The molecule has 0 radical (unpaired) electrons. The van der Waals surface area contributed by atoms with Crippen LogP contribution in [0.5, 0.6) is 11.5 Å². The highest BCUT2D eigenvalue weighted by Gasteiger charge is 2.30. The summed E-state index contributed by atoms with van der Waals surface area (Å²) in [6, 6.07) is 2.92. The number of hydrogen-bond donors (Lipinski definition) is 2. The second kappa shape index (κ2) is 7.15. The summed E-state index contributed by atoms with van der Waals surface area (Å²) < 4.78 is 10.3. The lowest BCUT2D eigenvalue weighted by molar-refractivity contribution is -0.144. The molecule has 1 atom stereocenters. The zero-order valence-corrected chi connectivity index (χ0v) is 12.5. The van der Waals surface area contributed by atoms with Crippen molar-refractivity contribution in [2.75, 3.05) is 6.61 Å². The molecule has 22 heavy (non-hydrogen) atoms. The van der Waals surface area contributed by atoms with E-state index in [1.807, 2.05) is 6.92 Å². The molecule has 0 spiro atoms. The number of hydrogen-bond acceptors (Lipinski definition) is 6. The minimum atomic E-state index is -0.681. The fraction of sp³-hybridized carbons (Fsp3) is 0.500. The summed E-state index contributed by atoms with van der Waals surface area (Å²) in [5.74, 6) is -1.79. The summed E-state index contributed by atoms with van der Waals surface area (Å²) in [7, 11) is 0. The van der Waals surface area contributed by atoms with Crippen LogP contribution in [0.1, 0.15) is 48.5 Å². The quantitative estimate of drug-likeness (QED) is 0.476. The maximum Gasteiger partial charge on any atom is 0.342 e. The molecule has 0 aromatic heterocycles. The molecule has 1 heterocycles. The van der Waals surface area contributed by atoms with E-state index in [1.165, 1.54) is 6.07 Å². The second-order valence-electron chi connectivity index (χ2n) is 5.31. The van der Waals surface area contributed by atoms with Crippen molar-refractivity contribution in [3.63, 3.8) is 0 Å². The molecule has 0 amide bonds. The Labute approximate surface area is 128 Å². The number of aromatic hydroxyl groups is 2. The van der Waals surface area contributed by atoms with E-state index >= 15 is 0 Å². The van der Waals surface area contributed by atoms with Gasteiger partial charge in [-0.1, -0.05) is 19.4 Å². The lowest BCUT2D eigenvalue weighted by Gasteiger charge is -2.25. The molecule has 1 aromatic carbocycles. The van der Waals surface area contributed by atoms with E-state index in [0.29, 0.717) is 25.0 Å². The van der Waals surface area contributed by atoms with Crippen LogP contribution in [0.25, 0.3) is 0 Å². The monoisotopic (exact) mass is 308 g/mol. The maximum absolute atomic E-state index is 11.9. The molecule has 0 saturated heterocycles. The van der Waals surface area contributed by atoms with Crippen LogP contribution in [0.2, 0.25) is 0 Å². The topological polar surface area (TPSA) is 93.1 Å². The van der Waals surface area contributed by atoms with Crippen molar-refractivity contribution >= 4 is 11.9 Å². The minimum absolute atomic E-state index is 0.00164. The number of fused-ring (bicyclic) bond motifs is 1. The van der Waals surface area contributed by atoms with E-state index in [9.17, 15) is 19.8 Å². The van der Waals surface area contributed by atoms with E-state index in [0.717, 1.165) is 12.8 Å². The number of phenolic OH excluding ortho intramolecular Hbond substituents is 2. The van der Waals surface area contributed by atoms with Crippen LogP contribution in [0.4, 0.5) is 0 Å². The van der Waals surface area contributed by atoms with Gasteiger partial charge in [-0.05, 0) is 24.5 Å². The first kappa shape index (κ1) is 16.1. The van der Waals surface area contributed by atoms with Gasteiger partial charge in [-0.3, -0.25) is 4.79 Å². The molecular formula is C16H20O6. The molecule has 1 aromatic rings. The average molecular weight is 308 g/mol. The summed E-state index contributed by atoms with van der Waals surface area (Å²) >= 11 is 0. The first-order valence-electron chi connectivity index (χ1n) is 7.43. The molecule has 0 saturated carbocycles. The molecule has 120 valence electrons. The Balaban J connectivity index is 1.92. The number of benzene rings is 1. The van der Waals surface area contributed by atoms with Gasteiger partial charge in [-0.15, -0.1) is 0 Å². The van der Waals surface area contributed by atoms with Crippen molar-refractivity contribution in [2.24, 2.45) is 0 Å². The average Bonchev–Trinajstić information content (AvgIpc) is 2.49. The summed E-state index contributed by atoms with van der Waals surface area (Å²) in [4.78, 5) is 23.5. The van der Waals surface area contributed by atoms with Crippen LogP contribution in [0, 0.1) is 0 Å². The van der Waals surface area contributed by atoms with Gasteiger partial charge in [0, 0.05) is 12.8 Å². The van der Waals surface area contributed by atoms with Gasteiger partial charge < -0.3 is 19.7 Å². The number of cyclic esters (lactones) is 1. The number of ether oxygens (including phenoxy) is 2. The Morgan fingerprint density at radius 2 is 2.18 bits per heavy atom. The zero-order valence-electron chi connectivity index (χ0n) is 12.5. The van der Waals surface area contributed by atoms with Crippen LogP contribution in [-0.2, 0) is 20.7 Å². The van der Waals surface area contributed by atoms with E-state index in [2.05, 4.69) is 0 Å². The molecule has 1 aliphatic heterocycles. The Morgan fingerprint density at radius 1 is 1.41 bits per heavy atom. The molecule has 6 heteroatoms. The number of phenols is 2. The van der Waals surface area contributed by atoms with Crippen molar-refractivity contribution in [3.8, 4) is 11.5 Å². The van der Waals surface area contributed by atoms with E-state index in [1.54, 1.807) is 6.07 Å². The van der Waals surface area contributed by atoms with Crippen molar-refractivity contribution in [2.45, 2.75) is 45.1 Å². The number of carbonyl (C=O) groups is 2. The third-order valence-corrected chi connectivity index (χ3v) is 3.60. The SMILES string of the molecule is CCCCOC(=O)CCC1Cc2ccc(O)c(O)c2C(=O)O1. The number of esters is 2. The Kier molecular flexibility index (Phi) is 5.25. The summed E-state index contributed by atoms with van der Waals surface area (Å²) in [5.41, 5.74) is 0.609. The molecule has 1 aliphatic rings. The van der Waals surface area contributed by atoms with Crippen molar-refractivity contribution < 1.29 is 29.3 Å². The highest BCUT2D eigenvalue weighted by Crippen LogP contribution is 2.35. The molecule has 6 nitrogen and oxygen atoms in total. The van der Waals surface area contributed by atoms with Crippen molar-refractivity contribution in [1.29, 1.82) is 0 Å². The van der Waals surface area contributed by atoms with Crippen molar-refractivity contribution in [3.05, 3.63) is 23.3 Å². The highest BCUT2D eigenvalue weighted by atomic mass is 16.5. The van der Waals surface area contributed by atoms with Gasteiger partial charge in [0.15, 0.2) is 11.5 Å². The molecule has 0 aliphatic carbocycles. The fourth-order valence-corrected chi connectivity index (χ4v) is 2.36. The molecule has 0 bridgehead atoms. The van der Waals surface area contributed by atoms with Gasteiger partial charge in [0.2, 0.25) is 0 Å². The Hall–Kier alpha value is -2.24. The maximum atomic E-state index is 11.9. The molecule has 0 fully saturated rings. The molecule has 2 rings (SSSR count). The minimum Gasteiger partial charge on any atom is -0.504 e. The predicted octanol–water partition coefficient (Wildman–Crippen LogP) is 2.30. The number of unbranched alkanes of at least 4 members (excludes halogenated alkanes) is 1. The lowest BCUT2D eigenvalue weighted by Crippen LogP contribution is -2.28. The Morgan fingerprint density at radius 3 is 2.91 bits per heavy atom. The van der Waals surface area contributed by atoms with Gasteiger partial charge in [0.25, 0.3) is 0 Å². The fourth-order valence-electron chi connectivity index (χ4n) is 2.36. The van der Waals surface area contributed by atoms with Crippen LogP contribution < -0.4 is 0 Å². The predicted molar refractivity (Wildman–Crippen MR) is 77.8 cm³/mol. The van der Waals surface area contributed by atoms with Gasteiger partial charge in [0.1, 0.15) is 11.7 Å². The largest absolute Gasteiger partial charge is 0.504 e. The van der Waals surface area contributed by atoms with Crippen LogP contribution in [0.3, 0.4) is 0 Å². The number of rotatable bonds is 6. The summed E-state index contributed by atoms with van der Waals surface area (Å²) in [6.45, 7) is 2.43. The number of carbonyl (C=O) groups excluding carboxylic acids is 2. The molecular weight excluding hydrogens is 288 g/mol. The van der Waals surface area contributed by atoms with Gasteiger partial charge in [0.05, 0.1) is 6.61 Å². The summed E-state index contributed by atoms with van der Waals surface area (Å²) in [6.07, 6.45) is 2.32. The third-order valence-electron chi connectivity index (χ3n) is 3.60. The first-order valence-corrected chi connectivity index (χ1v) is 7.43. The van der Waals surface area contributed by atoms with E-state index < -0.39 is 17.8 Å². The van der Waals surface area contributed by atoms with Crippen LogP contribution >= 0.6 is 0 Å². The zero-order chi connectivity index (χ0) is 16.1. The molecule has 1 unspecified atom stereocenters. The second-order valence-corrected chi connectivity index (χ2v) is 5.31. The standard InChI is InChI=1S/C16H20O6/c1-2-3-8-21-13(18)7-5-11-9-10-4-6-12(17)15(19)14(10)16(20)22-11/h4,6,11,17,19H,2-3,5,7-9H2,1H3.